The fourth-order valence-corrected chi connectivity index (χ4v) is 3.27. The van der Waals surface area contributed by atoms with E-state index in [9.17, 15) is 18.3 Å². The Morgan fingerprint density at radius 1 is 1.14 bits per heavy atom. The summed E-state index contributed by atoms with van der Waals surface area (Å²) in [5, 5.41) is 10.9. The van der Waals surface area contributed by atoms with Crippen molar-refractivity contribution >= 4 is 35.2 Å². The van der Waals surface area contributed by atoms with E-state index < -0.39 is 22.9 Å². The molecule has 0 heterocycles. The summed E-state index contributed by atoms with van der Waals surface area (Å²) in [6.07, 6.45) is -3.51. The van der Waals surface area contributed by atoms with Crippen LogP contribution in [0.25, 0.3) is 0 Å². The molecule has 1 N–H and O–H groups in total. The average Bonchev–Trinajstić information content (AvgIpc) is 2.64. The smallest absolute Gasteiger partial charge is 0.425 e. The molecule has 9 heteroatoms. The largest absolute Gasteiger partial charge is 0.496 e. The molecule has 2 rings (SSSR count). The molecular formula is C20H21Cl2F3N2O2. The molecule has 4 nitrogen and oxygen atoms in total. The molecule has 0 aromatic heterocycles. The van der Waals surface area contributed by atoms with Crippen molar-refractivity contribution in [2.75, 3.05) is 20.7 Å². The molecule has 0 aliphatic rings. The molecule has 1 unspecified atom stereocenters. The molecule has 0 spiro atoms. The second kappa shape index (κ2) is 8.81. The molecule has 0 fully saturated rings. The molecule has 0 radical (unpaired) electrons. The lowest BCUT2D eigenvalue weighted by Gasteiger charge is -2.33. The van der Waals surface area contributed by atoms with Gasteiger partial charge >= 0.3 is 6.18 Å². The van der Waals surface area contributed by atoms with Crippen LogP contribution in [0.1, 0.15) is 23.6 Å². The second-order valence-corrected chi connectivity index (χ2v) is 7.40. The molecule has 0 aliphatic carbocycles. The van der Waals surface area contributed by atoms with Crippen molar-refractivity contribution in [3.63, 3.8) is 0 Å². The standard InChI is InChI=1S/C20H21Cl2F3N2O2/c1-5-27(3)11-26-17-10-18(29-4)16(6-12(17)2)19(28,20(23,24)25)13-7-14(21)9-15(22)8-13/h6-11,28H,5H2,1-4H3. The van der Waals surface area contributed by atoms with Crippen molar-refractivity contribution in [1.29, 1.82) is 0 Å². The lowest BCUT2D eigenvalue weighted by atomic mass is 9.84. The number of ether oxygens (including phenoxy) is 1. The second-order valence-electron chi connectivity index (χ2n) is 6.52. The van der Waals surface area contributed by atoms with E-state index in [0.717, 1.165) is 12.1 Å². The number of benzene rings is 2. The first-order valence-electron chi connectivity index (χ1n) is 8.63. The SMILES string of the molecule is CCN(C)C=Nc1cc(OC)c(C(O)(c2cc(Cl)cc(Cl)c2)C(F)(F)F)cc1C. The Bertz CT molecular complexity index is 899. The van der Waals surface area contributed by atoms with Gasteiger partial charge < -0.3 is 14.7 Å². The first-order valence-corrected chi connectivity index (χ1v) is 9.38. The lowest BCUT2D eigenvalue weighted by Crippen LogP contribution is -2.43. The van der Waals surface area contributed by atoms with E-state index in [1.807, 2.05) is 14.0 Å². The van der Waals surface area contributed by atoms with Gasteiger partial charge in [0.05, 0.1) is 19.1 Å². The number of aryl methyl sites for hydroxylation is 1. The minimum atomic E-state index is -5.08. The third-order valence-electron chi connectivity index (χ3n) is 4.49. The minimum absolute atomic E-state index is 0.0327. The van der Waals surface area contributed by atoms with Gasteiger partial charge in [-0.2, -0.15) is 13.2 Å². The fraction of sp³-hybridized carbons (Fsp3) is 0.350. The van der Waals surface area contributed by atoms with Crippen molar-refractivity contribution in [3.05, 3.63) is 57.1 Å². The minimum Gasteiger partial charge on any atom is -0.496 e. The van der Waals surface area contributed by atoms with Crippen molar-refractivity contribution in [2.45, 2.75) is 25.6 Å². The van der Waals surface area contributed by atoms with Crippen LogP contribution in [0.15, 0.2) is 35.3 Å². The number of aliphatic hydroxyl groups is 1. The van der Waals surface area contributed by atoms with Crippen LogP contribution in [0.3, 0.4) is 0 Å². The van der Waals surface area contributed by atoms with Gasteiger partial charge in [0.25, 0.3) is 0 Å². The van der Waals surface area contributed by atoms with Crippen molar-refractivity contribution in [1.82, 2.24) is 4.90 Å². The number of halogens is 5. The molecule has 1 atom stereocenters. The van der Waals surface area contributed by atoms with E-state index >= 15 is 0 Å². The van der Waals surface area contributed by atoms with Gasteiger partial charge in [-0.25, -0.2) is 4.99 Å². The maximum atomic E-state index is 14.2. The maximum Gasteiger partial charge on any atom is 0.425 e. The van der Waals surface area contributed by atoms with Crippen LogP contribution in [0.5, 0.6) is 5.75 Å². The Morgan fingerprint density at radius 2 is 1.72 bits per heavy atom. The summed E-state index contributed by atoms with van der Waals surface area (Å²) in [5.41, 5.74) is -3.54. The summed E-state index contributed by atoms with van der Waals surface area (Å²) < 4.78 is 47.7. The molecule has 29 heavy (non-hydrogen) atoms. The van der Waals surface area contributed by atoms with Crippen LogP contribution in [0.4, 0.5) is 18.9 Å². The van der Waals surface area contributed by atoms with Gasteiger partial charge in [-0.3, -0.25) is 0 Å². The maximum absolute atomic E-state index is 14.2. The highest BCUT2D eigenvalue weighted by atomic mass is 35.5. The number of rotatable bonds is 6. The average molecular weight is 449 g/mol. The monoisotopic (exact) mass is 448 g/mol. The third kappa shape index (κ3) is 4.79. The molecule has 2 aromatic rings. The van der Waals surface area contributed by atoms with E-state index in [1.54, 1.807) is 18.2 Å². The van der Waals surface area contributed by atoms with Gasteiger partial charge in [0, 0.05) is 40.8 Å². The highest BCUT2D eigenvalue weighted by molar-refractivity contribution is 6.34. The highest BCUT2D eigenvalue weighted by Crippen LogP contribution is 2.49. The number of alkyl halides is 3. The zero-order valence-corrected chi connectivity index (χ0v) is 17.8. The van der Waals surface area contributed by atoms with Crippen LogP contribution in [0, 0.1) is 6.92 Å². The Morgan fingerprint density at radius 3 is 2.21 bits per heavy atom. The first kappa shape index (κ1) is 23.3. The molecular weight excluding hydrogens is 428 g/mol. The Balaban J connectivity index is 2.75. The number of methoxy groups -OCH3 is 1. The Kier molecular flexibility index (Phi) is 7.09. The molecule has 0 amide bonds. The van der Waals surface area contributed by atoms with Gasteiger partial charge in [0.2, 0.25) is 5.60 Å². The fourth-order valence-electron chi connectivity index (χ4n) is 2.75. The zero-order chi connectivity index (χ0) is 22.0. The molecule has 0 aliphatic heterocycles. The number of hydrogen-bond donors (Lipinski definition) is 1. The van der Waals surface area contributed by atoms with E-state index in [4.69, 9.17) is 27.9 Å². The highest BCUT2D eigenvalue weighted by Gasteiger charge is 2.58. The van der Waals surface area contributed by atoms with Gasteiger partial charge in [-0.1, -0.05) is 23.2 Å². The summed E-state index contributed by atoms with van der Waals surface area (Å²) in [7, 11) is 3.04. The summed E-state index contributed by atoms with van der Waals surface area (Å²) in [6, 6.07) is 5.90. The normalized spacial score (nSPS) is 14.1. The van der Waals surface area contributed by atoms with Crippen molar-refractivity contribution in [2.24, 2.45) is 4.99 Å². The van der Waals surface area contributed by atoms with Crippen LogP contribution in [-0.2, 0) is 5.60 Å². The molecule has 0 saturated carbocycles. The Labute approximate surface area is 177 Å². The predicted octanol–water partition coefficient (Wildman–Crippen LogP) is 5.72. The van der Waals surface area contributed by atoms with Crippen molar-refractivity contribution in [3.8, 4) is 5.75 Å². The molecule has 0 bridgehead atoms. The summed E-state index contributed by atoms with van der Waals surface area (Å²) in [6.45, 7) is 4.24. The number of hydrogen-bond acceptors (Lipinski definition) is 3. The molecule has 2 aromatic carbocycles. The van der Waals surface area contributed by atoms with E-state index in [1.165, 1.54) is 25.3 Å². The van der Waals surface area contributed by atoms with Gasteiger partial charge in [0.1, 0.15) is 5.75 Å². The van der Waals surface area contributed by atoms with Crippen LogP contribution < -0.4 is 4.74 Å². The summed E-state index contributed by atoms with van der Waals surface area (Å²) in [4.78, 5) is 6.09. The third-order valence-corrected chi connectivity index (χ3v) is 4.93. The van der Waals surface area contributed by atoms with Crippen LogP contribution >= 0.6 is 23.2 Å². The van der Waals surface area contributed by atoms with Crippen LogP contribution in [-0.4, -0.2) is 43.2 Å². The van der Waals surface area contributed by atoms with Crippen molar-refractivity contribution < 1.29 is 23.0 Å². The molecule has 0 saturated heterocycles. The lowest BCUT2D eigenvalue weighted by molar-refractivity contribution is -0.248. The van der Waals surface area contributed by atoms with E-state index in [2.05, 4.69) is 4.99 Å². The quantitative estimate of drug-likeness (QED) is 0.453. The van der Waals surface area contributed by atoms with Crippen LogP contribution in [0.2, 0.25) is 10.0 Å². The van der Waals surface area contributed by atoms with Gasteiger partial charge in [-0.15, -0.1) is 0 Å². The first-order chi connectivity index (χ1) is 13.4. The zero-order valence-electron chi connectivity index (χ0n) is 16.3. The number of nitrogens with zero attached hydrogens (tertiary/aromatic N) is 2. The Hall–Kier alpha value is -1.96. The topological polar surface area (TPSA) is 45.1 Å². The summed E-state index contributed by atoms with van der Waals surface area (Å²) >= 11 is 11.8. The predicted molar refractivity (Wildman–Crippen MR) is 110 cm³/mol. The van der Waals surface area contributed by atoms with Gasteiger partial charge in [0.15, 0.2) is 0 Å². The van der Waals surface area contributed by atoms with E-state index in [0.29, 0.717) is 17.8 Å². The van der Waals surface area contributed by atoms with Gasteiger partial charge in [-0.05, 0) is 43.7 Å². The number of aliphatic imine (C=N–C) groups is 1. The van der Waals surface area contributed by atoms with E-state index in [-0.39, 0.29) is 15.8 Å². The summed E-state index contributed by atoms with van der Waals surface area (Å²) in [5.74, 6) is -0.169. The molecule has 158 valence electrons.